The summed E-state index contributed by atoms with van der Waals surface area (Å²) in [5, 5.41) is 10.2. The summed E-state index contributed by atoms with van der Waals surface area (Å²) in [5.41, 5.74) is 1.43. The molecule has 1 saturated heterocycles. The van der Waals surface area contributed by atoms with E-state index in [2.05, 4.69) is 57.1 Å². The summed E-state index contributed by atoms with van der Waals surface area (Å²) in [6.07, 6.45) is 2.03. The molecule has 20 heavy (non-hydrogen) atoms. The minimum Gasteiger partial charge on any atom is -0.348 e. The van der Waals surface area contributed by atoms with E-state index >= 15 is 0 Å². The quantitative estimate of drug-likeness (QED) is 0.883. The summed E-state index contributed by atoms with van der Waals surface area (Å²) >= 11 is 3.48. The summed E-state index contributed by atoms with van der Waals surface area (Å²) in [6.45, 7) is 9.51. The molecule has 1 aromatic heterocycles. The molecule has 0 bridgehead atoms. The molecule has 2 heterocycles. The Labute approximate surface area is 128 Å². The molecule has 0 aromatic carbocycles. The molecule has 0 atom stereocenters. The minimum absolute atomic E-state index is 0.0880. The summed E-state index contributed by atoms with van der Waals surface area (Å²) in [6, 6.07) is 0.261. The maximum Gasteiger partial charge on any atom is 0.273 e. The Bertz CT molecular complexity index is 464. The van der Waals surface area contributed by atoms with Crippen molar-refractivity contribution in [1.82, 2.24) is 20.4 Å². The highest BCUT2D eigenvalue weighted by molar-refractivity contribution is 9.10. The average molecular weight is 343 g/mol. The minimum atomic E-state index is -0.0880. The molecule has 0 unspecified atom stereocenters. The third-order valence-electron chi connectivity index (χ3n) is 3.89. The lowest BCUT2D eigenvalue weighted by molar-refractivity contribution is 0.0907. The van der Waals surface area contributed by atoms with Gasteiger partial charge < -0.3 is 10.2 Å². The number of aromatic nitrogens is 2. The fourth-order valence-electron chi connectivity index (χ4n) is 2.52. The smallest absolute Gasteiger partial charge is 0.273 e. The molecular formula is C14H23BrN4O. The van der Waals surface area contributed by atoms with E-state index in [4.69, 9.17) is 0 Å². The third-order valence-corrected chi connectivity index (χ3v) is 4.70. The van der Waals surface area contributed by atoms with Gasteiger partial charge in [-0.3, -0.25) is 9.89 Å². The number of H-pyrrole nitrogens is 1. The number of nitrogens with zero attached hydrogens (tertiary/aromatic N) is 2. The van der Waals surface area contributed by atoms with Crippen molar-refractivity contribution in [2.24, 2.45) is 0 Å². The number of halogens is 1. The molecule has 0 spiro atoms. The second-order valence-corrected chi connectivity index (χ2v) is 6.43. The standard InChI is InChI=1S/C14H23BrN4O/c1-4-19-7-5-10(6-8-19)16-14(20)13-11(15)12(9(2)3)17-18-13/h9-10H,4-8H2,1-3H3,(H,16,20)(H,17,18). The van der Waals surface area contributed by atoms with Crippen LogP contribution >= 0.6 is 15.9 Å². The van der Waals surface area contributed by atoms with E-state index < -0.39 is 0 Å². The summed E-state index contributed by atoms with van der Waals surface area (Å²) < 4.78 is 0.788. The number of hydrogen-bond donors (Lipinski definition) is 2. The molecule has 1 aliphatic heterocycles. The first-order chi connectivity index (χ1) is 9.52. The Morgan fingerprint density at radius 2 is 2.15 bits per heavy atom. The Kier molecular flexibility index (Phi) is 5.21. The van der Waals surface area contributed by atoms with Gasteiger partial charge in [-0.15, -0.1) is 0 Å². The molecule has 1 aromatic rings. The summed E-state index contributed by atoms with van der Waals surface area (Å²) in [7, 11) is 0. The summed E-state index contributed by atoms with van der Waals surface area (Å²) in [4.78, 5) is 14.7. The van der Waals surface area contributed by atoms with Crippen molar-refractivity contribution in [2.45, 2.75) is 45.6 Å². The fraction of sp³-hybridized carbons (Fsp3) is 0.714. The first-order valence-electron chi connectivity index (χ1n) is 7.29. The van der Waals surface area contributed by atoms with Crippen LogP contribution in [0.4, 0.5) is 0 Å². The van der Waals surface area contributed by atoms with E-state index in [-0.39, 0.29) is 11.9 Å². The average Bonchev–Trinajstić information content (AvgIpc) is 2.81. The van der Waals surface area contributed by atoms with Gasteiger partial charge in [0.2, 0.25) is 0 Å². The summed E-state index contributed by atoms with van der Waals surface area (Å²) in [5.74, 6) is 0.223. The largest absolute Gasteiger partial charge is 0.348 e. The van der Waals surface area contributed by atoms with Crippen molar-refractivity contribution in [3.63, 3.8) is 0 Å². The first kappa shape index (κ1) is 15.5. The van der Waals surface area contributed by atoms with E-state index in [1.807, 2.05) is 0 Å². The molecular weight excluding hydrogens is 320 g/mol. The monoisotopic (exact) mass is 342 g/mol. The highest BCUT2D eigenvalue weighted by Gasteiger charge is 2.24. The maximum atomic E-state index is 12.3. The SMILES string of the molecule is CCN1CCC(NC(=O)c2n[nH]c(C(C)C)c2Br)CC1. The van der Waals surface area contributed by atoms with Gasteiger partial charge in [0.25, 0.3) is 5.91 Å². The van der Waals surface area contributed by atoms with Gasteiger partial charge in [0.1, 0.15) is 0 Å². The van der Waals surface area contributed by atoms with Crippen molar-refractivity contribution in [2.75, 3.05) is 19.6 Å². The number of hydrogen-bond acceptors (Lipinski definition) is 3. The van der Waals surface area contributed by atoms with E-state index in [0.29, 0.717) is 11.6 Å². The Hall–Kier alpha value is -0.880. The van der Waals surface area contributed by atoms with Gasteiger partial charge >= 0.3 is 0 Å². The third kappa shape index (κ3) is 3.41. The normalized spacial score (nSPS) is 17.6. The van der Waals surface area contributed by atoms with Crippen LogP contribution in [0.5, 0.6) is 0 Å². The molecule has 1 fully saturated rings. The topological polar surface area (TPSA) is 61.0 Å². The number of aromatic amines is 1. The van der Waals surface area contributed by atoms with Crippen LogP contribution in [-0.4, -0.2) is 46.7 Å². The van der Waals surface area contributed by atoms with Crippen molar-refractivity contribution >= 4 is 21.8 Å². The molecule has 0 aliphatic carbocycles. The number of piperidine rings is 1. The number of nitrogens with one attached hydrogen (secondary N) is 2. The molecule has 0 radical (unpaired) electrons. The van der Waals surface area contributed by atoms with Crippen molar-refractivity contribution in [3.05, 3.63) is 15.9 Å². The van der Waals surface area contributed by atoms with Crippen LogP contribution in [-0.2, 0) is 0 Å². The van der Waals surface area contributed by atoms with Crippen LogP contribution in [0.1, 0.15) is 55.7 Å². The van der Waals surface area contributed by atoms with Crippen LogP contribution in [0.15, 0.2) is 4.47 Å². The van der Waals surface area contributed by atoms with Crippen molar-refractivity contribution < 1.29 is 4.79 Å². The van der Waals surface area contributed by atoms with Gasteiger partial charge in [-0.2, -0.15) is 5.10 Å². The van der Waals surface area contributed by atoms with Crippen LogP contribution in [0.25, 0.3) is 0 Å². The number of rotatable bonds is 4. The number of carbonyl (C=O) groups is 1. The lowest BCUT2D eigenvalue weighted by atomic mass is 10.0. The Morgan fingerprint density at radius 3 is 2.65 bits per heavy atom. The first-order valence-corrected chi connectivity index (χ1v) is 8.09. The van der Waals surface area contributed by atoms with E-state index in [1.54, 1.807) is 0 Å². The maximum absolute atomic E-state index is 12.3. The van der Waals surface area contributed by atoms with Crippen molar-refractivity contribution in [3.8, 4) is 0 Å². The Balaban J connectivity index is 1.96. The lowest BCUT2D eigenvalue weighted by Crippen LogP contribution is -2.44. The predicted octanol–water partition coefficient (Wildman–Crippen LogP) is 2.51. The van der Waals surface area contributed by atoms with Crippen LogP contribution < -0.4 is 5.32 Å². The zero-order valence-corrected chi connectivity index (χ0v) is 14.0. The molecule has 112 valence electrons. The molecule has 2 N–H and O–H groups in total. The van der Waals surface area contributed by atoms with Gasteiger partial charge in [-0.25, -0.2) is 0 Å². The molecule has 6 heteroatoms. The zero-order valence-electron chi connectivity index (χ0n) is 12.4. The zero-order chi connectivity index (χ0) is 14.7. The molecule has 1 amide bonds. The van der Waals surface area contributed by atoms with Gasteiger partial charge in [-0.1, -0.05) is 20.8 Å². The number of amides is 1. The molecule has 2 rings (SSSR count). The number of likely N-dealkylation sites (tertiary alicyclic amines) is 1. The highest BCUT2D eigenvalue weighted by Crippen LogP contribution is 2.25. The lowest BCUT2D eigenvalue weighted by Gasteiger charge is -2.31. The van der Waals surface area contributed by atoms with Crippen LogP contribution in [0, 0.1) is 0 Å². The van der Waals surface area contributed by atoms with E-state index in [9.17, 15) is 4.79 Å². The van der Waals surface area contributed by atoms with Gasteiger partial charge in [0, 0.05) is 19.1 Å². The Morgan fingerprint density at radius 1 is 1.50 bits per heavy atom. The van der Waals surface area contributed by atoms with Crippen LogP contribution in [0.2, 0.25) is 0 Å². The fourth-order valence-corrected chi connectivity index (χ4v) is 3.34. The van der Waals surface area contributed by atoms with Gasteiger partial charge in [0.15, 0.2) is 5.69 Å². The second-order valence-electron chi connectivity index (χ2n) is 5.64. The molecule has 1 aliphatic rings. The van der Waals surface area contributed by atoms with Crippen molar-refractivity contribution in [1.29, 1.82) is 0 Å². The van der Waals surface area contributed by atoms with E-state index in [0.717, 1.165) is 42.6 Å². The molecule has 5 nitrogen and oxygen atoms in total. The predicted molar refractivity (Wildman–Crippen MR) is 83.0 cm³/mol. The van der Waals surface area contributed by atoms with Gasteiger partial charge in [-0.05, 0) is 41.2 Å². The van der Waals surface area contributed by atoms with Gasteiger partial charge in [0.05, 0.1) is 10.2 Å². The highest BCUT2D eigenvalue weighted by atomic mass is 79.9. The van der Waals surface area contributed by atoms with Crippen LogP contribution in [0.3, 0.4) is 0 Å². The molecule has 0 saturated carbocycles. The van der Waals surface area contributed by atoms with E-state index in [1.165, 1.54) is 0 Å². The second kappa shape index (κ2) is 6.72. The number of carbonyl (C=O) groups excluding carboxylic acids is 1.